The molecule has 1 aromatic rings. The van der Waals surface area contributed by atoms with E-state index in [1.807, 2.05) is 0 Å². The molecule has 1 rings (SSSR count). The first kappa shape index (κ1) is 6.92. The van der Waals surface area contributed by atoms with Gasteiger partial charge < -0.3 is 0 Å². The lowest BCUT2D eigenvalue weighted by Crippen LogP contribution is -2.47. The van der Waals surface area contributed by atoms with Crippen LogP contribution in [0, 0.1) is 0 Å². The normalized spacial score (nSPS) is 10.1. The Labute approximate surface area is 60.0 Å². The van der Waals surface area contributed by atoms with E-state index in [2.05, 4.69) is 6.92 Å². The van der Waals surface area contributed by atoms with Gasteiger partial charge in [-0.25, -0.2) is 0 Å². The van der Waals surface area contributed by atoms with Gasteiger partial charge in [-0.05, 0) is 6.42 Å². The number of hydrogen-bond acceptors (Lipinski definition) is 2. The summed E-state index contributed by atoms with van der Waals surface area (Å²) in [5.74, 6) is 12.0. The molecule has 0 aliphatic carbocycles. The van der Waals surface area contributed by atoms with Gasteiger partial charge in [-0.15, -0.1) is 9.35 Å². The summed E-state index contributed by atoms with van der Waals surface area (Å²) in [6.07, 6.45) is 5.45. The standard InChI is InChI=1S/C6H13N4/c1-2-3-6-9(7)4-5-10(6)8/h4-5H,2-3,7-8H2,1H3/q+1. The van der Waals surface area contributed by atoms with E-state index in [0.29, 0.717) is 0 Å². The van der Waals surface area contributed by atoms with Gasteiger partial charge in [0.15, 0.2) is 12.4 Å². The molecule has 0 bridgehead atoms. The van der Waals surface area contributed by atoms with E-state index in [-0.39, 0.29) is 0 Å². The van der Waals surface area contributed by atoms with Crippen LogP contribution in [0.25, 0.3) is 0 Å². The zero-order chi connectivity index (χ0) is 7.56. The van der Waals surface area contributed by atoms with Crippen molar-refractivity contribution in [1.29, 1.82) is 0 Å². The molecule has 0 saturated heterocycles. The predicted octanol–water partition coefficient (Wildman–Crippen LogP) is -0.844. The summed E-state index contributed by atoms with van der Waals surface area (Å²) in [5, 5.41) is 0. The average molecular weight is 141 g/mol. The second-order valence-corrected chi connectivity index (χ2v) is 2.28. The summed E-state index contributed by atoms with van der Waals surface area (Å²) >= 11 is 0. The average Bonchev–Trinajstić information content (AvgIpc) is 2.20. The number of nitrogens with two attached hydrogens (primary N) is 2. The van der Waals surface area contributed by atoms with Crippen LogP contribution >= 0.6 is 0 Å². The molecule has 56 valence electrons. The smallest absolute Gasteiger partial charge is 0.269 e. The molecule has 0 aromatic carbocycles. The number of rotatable bonds is 2. The van der Waals surface area contributed by atoms with Gasteiger partial charge in [0.1, 0.15) is 0 Å². The molecule has 1 aromatic heterocycles. The highest BCUT2D eigenvalue weighted by Crippen LogP contribution is 1.92. The van der Waals surface area contributed by atoms with Crippen molar-refractivity contribution in [2.24, 2.45) is 0 Å². The maximum atomic E-state index is 5.54. The minimum atomic E-state index is 0.917. The van der Waals surface area contributed by atoms with E-state index >= 15 is 0 Å². The molecule has 0 aliphatic heterocycles. The fourth-order valence-corrected chi connectivity index (χ4v) is 0.931. The highest BCUT2D eigenvalue weighted by molar-refractivity contribution is 4.82. The first-order valence-electron chi connectivity index (χ1n) is 3.37. The monoisotopic (exact) mass is 141 g/mol. The third-order valence-corrected chi connectivity index (χ3v) is 1.46. The first-order valence-corrected chi connectivity index (χ1v) is 3.37. The van der Waals surface area contributed by atoms with Crippen molar-refractivity contribution in [3.05, 3.63) is 18.2 Å². The molecule has 0 spiro atoms. The van der Waals surface area contributed by atoms with Crippen LogP contribution < -0.4 is 16.4 Å². The molecule has 0 amide bonds. The lowest BCUT2D eigenvalue weighted by molar-refractivity contribution is -0.646. The van der Waals surface area contributed by atoms with Gasteiger partial charge in [-0.1, -0.05) is 6.92 Å². The van der Waals surface area contributed by atoms with Crippen molar-refractivity contribution >= 4 is 0 Å². The molecular weight excluding hydrogens is 128 g/mol. The minimum Gasteiger partial charge on any atom is -0.269 e. The Morgan fingerprint density at radius 1 is 1.70 bits per heavy atom. The summed E-state index contributed by atoms with van der Waals surface area (Å²) in [4.78, 5) is 0. The van der Waals surface area contributed by atoms with Crippen LogP contribution in [0.3, 0.4) is 0 Å². The van der Waals surface area contributed by atoms with E-state index < -0.39 is 0 Å². The Bertz CT molecular complexity index is 196. The van der Waals surface area contributed by atoms with Crippen LogP contribution in [0.4, 0.5) is 0 Å². The topological polar surface area (TPSA) is 60.8 Å². The number of nitrogens with zero attached hydrogens (tertiary/aromatic N) is 2. The van der Waals surface area contributed by atoms with Gasteiger partial charge in [0.05, 0.1) is 6.42 Å². The Morgan fingerprint density at radius 3 is 2.80 bits per heavy atom. The maximum Gasteiger partial charge on any atom is 0.302 e. The van der Waals surface area contributed by atoms with Gasteiger partial charge in [0.2, 0.25) is 0 Å². The van der Waals surface area contributed by atoms with Crippen molar-refractivity contribution in [2.75, 3.05) is 11.7 Å². The molecule has 10 heavy (non-hydrogen) atoms. The highest BCUT2D eigenvalue weighted by Gasteiger charge is 2.10. The van der Waals surface area contributed by atoms with Crippen LogP contribution in [0.2, 0.25) is 0 Å². The fourth-order valence-electron chi connectivity index (χ4n) is 0.931. The van der Waals surface area contributed by atoms with Crippen molar-refractivity contribution in [3.63, 3.8) is 0 Å². The van der Waals surface area contributed by atoms with E-state index in [9.17, 15) is 0 Å². The van der Waals surface area contributed by atoms with E-state index in [4.69, 9.17) is 11.7 Å². The van der Waals surface area contributed by atoms with Gasteiger partial charge >= 0.3 is 5.82 Å². The molecule has 0 atom stereocenters. The molecule has 4 nitrogen and oxygen atoms in total. The van der Waals surface area contributed by atoms with Crippen LogP contribution in [0.1, 0.15) is 19.2 Å². The quantitative estimate of drug-likeness (QED) is 0.416. The minimum absolute atomic E-state index is 0.917. The predicted molar refractivity (Wildman–Crippen MR) is 38.9 cm³/mol. The Hall–Kier alpha value is -1.19. The maximum absolute atomic E-state index is 5.54. The molecule has 0 radical (unpaired) electrons. The Balaban J connectivity index is 2.87. The van der Waals surface area contributed by atoms with E-state index in [1.165, 1.54) is 0 Å². The van der Waals surface area contributed by atoms with Crippen LogP contribution in [-0.4, -0.2) is 4.68 Å². The van der Waals surface area contributed by atoms with Crippen molar-refractivity contribution in [3.8, 4) is 0 Å². The number of aromatic nitrogens is 2. The summed E-state index contributed by atoms with van der Waals surface area (Å²) in [5.41, 5.74) is 0. The second-order valence-electron chi connectivity index (χ2n) is 2.28. The number of nitrogen functional groups attached to an aromatic ring is 2. The van der Waals surface area contributed by atoms with E-state index in [1.54, 1.807) is 21.7 Å². The summed E-state index contributed by atoms with van der Waals surface area (Å²) < 4.78 is 3.09. The zero-order valence-corrected chi connectivity index (χ0v) is 6.12. The third kappa shape index (κ3) is 1.05. The van der Waals surface area contributed by atoms with Gasteiger partial charge in [-0.2, -0.15) is 0 Å². The largest absolute Gasteiger partial charge is 0.302 e. The van der Waals surface area contributed by atoms with Crippen LogP contribution in [0.15, 0.2) is 12.4 Å². The number of imidazole rings is 1. The Morgan fingerprint density at radius 2 is 2.40 bits per heavy atom. The second kappa shape index (κ2) is 2.60. The molecule has 0 fully saturated rings. The molecule has 0 unspecified atom stereocenters. The molecule has 0 aliphatic rings. The first-order chi connectivity index (χ1) is 4.75. The molecule has 1 heterocycles. The third-order valence-electron chi connectivity index (χ3n) is 1.46. The highest BCUT2D eigenvalue weighted by atomic mass is 15.4. The lowest BCUT2D eigenvalue weighted by atomic mass is 10.3. The summed E-state index contributed by atoms with van der Waals surface area (Å²) in [6, 6.07) is 0. The van der Waals surface area contributed by atoms with Crippen LogP contribution in [0.5, 0.6) is 0 Å². The lowest BCUT2D eigenvalue weighted by Gasteiger charge is -1.92. The number of hydrogen-bond donors (Lipinski definition) is 2. The molecule has 4 N–H and O–H groups in total. The summed E-state index contributed by atoms with van der Waals surface area (Å²) in [6.45, 7) is 2.09. The van der Waals surface area contributed by atoms with E-state index in [0.717, 1.165) is 18.7 Å². The van der Waals surface area contributed by atoms with Crippen molar-refractivity contribution in [1.82, 2.24) is 4.68 Å². The van der Waals surface area contributed by atoms with Crippen molar-refractivity contribution in [2.45, 2.75) is 19.8 Å². The molecule has 0 saturated carbocycles. The zero-order valence-electron chi connectivity index (χ0n) is 6.12. The van der Waals surface area contributed by atoms with Gasteiger partial charge in [0.25, 0.3) is 0 Å². The molecular formula is C6H13N4+. The van der Waals surface area contributed by atoms with Crippen LogP contribution in [-0.2, 0) is 6.42 Å². The SMILES string of the molecule is CCCc1n(N)cc[n+]1N. The fraction of sp³-hybridized carbons (Fsp3) is 0.500. The van der Waals surface area contributed by atoms with Gasteiger partial charge in [0, 0.05) is 0 Å². The van der Waals surface area contributed by atoms with Crippen molar-refractivity contribution < 1.29 is 4.68 Å². The van der Waals surface area contributed by atoms with Gasteiger partial charge in [-0.3, -0.25) is 11.7 Å². The Kier molecular flexibility index (Phi) is 1.80. The molecule has 4 heteroatoms. The summed E-state index contributed by atoms with van der Waals surface area (Å²) in [7, 11) is 0.